The maximum atomic E-state index is 5.83. The van der Waals surface area contributed by atoms with E-state index in [-0.39, 0.29) is 0 Å². The highest BCUT2D eigenvalue weighted by atomic mass is 16.5. The molecule has 3 rings (SSSR count). The van der Waals surface area contributed by atoms with Gasteiger partial charge < -0.3 is 9.47 Å². The van der Waals surface area contributed by atoms with Crippen LogP contribution in [0.1, 0.15) is 12.0 Å². The van der Waals surface area contributed by atoms with Crippen LogP contribution in [0.15, 0.2) is 60.7 Å². The van der Waals surface area contributed by atoms with Crippen LogP contribution in [-0.4, -0.2) is 37.3 Å². The lowest BCUT2D eigenvalue weighted by molar-refractivity contribution is -0.0184. The summed E-state index contributed by atoms with van der Waals surface area (Å²) in [5, 5.41) is 0. The van der Waals surface area contributed by atoms with Gasteiger partial charge in [0.15, 0.2) is 0 Å². The lowest BCUT2D eigenvalue weighted by Crippen LogP contribution is -2.45. The normalized spacial score (nSPS) is 19.0. The predicted octanol–water partition coefficient (Wildman–Crippen LogP) is 3.36. The summed E-state index contributed by atoms with van der Waals surface area (Å²) in [6.45, 7) is 4.32. The molecule has 3 nitrogen and oxygen atoms in total. The lowest BCUT2D eigenvalue weighted by Gasteiger charge is -2.35. The van der Waals surface area contributed by atoms with E-state index >= 15 is 0 Å². The monoisotopic (exact) mass is 297 g/mol. The first-order valence-corrected chi connectivity index (χ1v) is 7.95. The van der Waals surface area contributed by atoms with Gasteiger partial charge in [-0.05, 0) is 24.1 Å². The largest absolute Gasteiger partial charge is 0.494 e. The lowest BCUT2D eigenvalue weighted by atomic mass is 10.1. The molecular weight excluding hydrogens is 274 g/mol. The second-order valence-corrected chi connectivity index (χ2v) is 5.64. The molecule has 2 aromatic carbocycles. The molecule has 2 aromatic rings. The average molecular weight is 297 g/mol. The SMILES string of the molecule is c1ccc(CN2CCOCC2CCOc2ccccc2)cc1. The molecule has 1 aliphatic rings. The van der Waals surface area contributed by atoms with Crippen LogP contribution in [0.2, 0.25) is 0 Å². The maximum absolute atomic E-state index is 5.83. The number of nitrogens with zero attached hydrogens (tertiary/aromatic N) is 1. The molecule has 0 aromatic heterocycles. The van der Waals surface area contributed by atoms with E-state index in [1.807, 2.05) is 30.3 Å². The topological polar surface area (TPSA) is 21.7 Å². The molecule has 1 heterocycles. The fourth-order valence-corrected chi connectivity index (χ4v) is 2.81. The molecule has 0 aliphatic carbocycles. The molecule has 0 saturated carbocycles. The van der Waals surface area contributed by atoms with Crippen LogP contribution in [-0.2, 0) is 11.3 Å². The van der Waals surface area contributed by atoms with Crippen molar-refractivity contribution in [3.63, 3.8) is 0 Å². The number of benzene rings is 2. The molecule has 1 fully saturated rings. The zero-order chi connectivity index (χ0) is 15.0. The van der Waals surface area contributed by atoms with Gasteiger partial charge in [-0.15, -0.1) is 0 Å². The number of rotatable bonds is 6. The van der Waals surface area contributed by atoms with Crippen LogP contribution >= 0.6 is 0 Å². The Labute approximate surface area is 132 Å². The van der Waals surface area contributed by atoms with Crippen LogP contribution in [0.4, 0.5) is 0 Å². The average Bonchev–Trinajstić information content (AvgIpc) is 2.58. The first kappa shape index (κ1) is 15.1. The molecule has 3 heteroatoms. The minimum absolute atomic E-state index is 0.428. The third-order valence-corrected chi connectivity index (χ3v) is 4.04. The van der Waals surface area contributed by atoms with Crippen molar-refractivity contribution in [2.45, 2.75) is 19.0 Å². The predicted molar refractivity (Wildman–Crippen MR) is 88.0 cm³/mol. The molecule has 1 aliphatic heterocycles. The highest BCUT2D eigenvalue weighted by Crippen LogP contribution is 2.16. The van der Waals surface area contributed by atoms with E-state index in [0.717, 1.165) is 45.1 Å². The summed E-state index contributed by atoms with van der Waals surface area (Å²) in [7, 11) is 0. The Bertz CT molecular complexity index is 544. The van der Waals surface area contributed by atoms with Crippen molar-refractivity contribution >= 4 is 0 Å². The van der Waals surface area contributed by atoms with E-state index in [1.54, 1.807) is 0 Å². The Morgan fingerprint density at radius 2 is 1.73 bits per heavy atom. The zero-order valence-electron chi connectivity index (χ0n) is 12.9. The fourth-order valence-electron chi connectivity index (χ4n) is 2.81. The van der Waals surface area contributed by atoms with Gasteiger partial charge in [-0.25, -0.2) is 0 Å². The van der Waals surface area contributed by atoms with Crippen molar-refractivity contribution in [3.05, 3.63) is 66.2 Å². The number of hydrogen-bond donors (Lipinski definition) is 0. The number of para-hydroxylation sites is 1. The van der Waals surface area contributed by atoms with Crippen LogP contribution in [0.25, 0.3) is 0 Å². The minimum atomic E-state index is 0.428. The van der Waals surface area contributed by atoms with Crippen molar-refractivity contribution in [2.75, 3.05) is 26.4 Å². The molecule has 1 atom stereocenters. The smallest absolute Gasteiger partial charge is 0.119 e. The Morgan fingerprint density at radius 1 is 1.00 bits per heavy atom. The summed E-state index contributed by atoms with van der Waals surface area (Å²) in [6.07, 6.45) is 0.988. The number of hydrogen-bond acceptors (Lipinski definition) is 3. The fraction of sp³-hybridized carbons (Fsp3) is 0.368. The number of morpholine rings is 1. The molecular formula is C19H23NO2. The van der Waals surface area contributed by atoms with Crippen LogP contribution in [0, 0.1) is 0 Å². The Hall–Kier alpha value is -1.84. The maximum Gasteiger partial charge on any atom is 0.119 e. The highest BCUT2D eigenvalue weighted by Gasteiger charge is 2.22. The van der Waals surface area contributed by atoms with Gasteiger partial charge >= 0.3 is 0 Å². The molecule has 22 heavy (non-hydrogen) atoms. The molecule has 0 amide bonds. The Morgan fingerprint density at radius 3 is 2.50 bits per heavy atom. The second-order valence-electron chi connectivity index (χ2n) is 5.64. The summed E-state index contributed by atoms with van der Waals surface area (Å²) in [4.78, 5) is 2.51. The Balaban J connectivity index is 1.51. The van der Waals surface area contributed by atoms with E-state index in [9.17, 15) is 0 Å². The van der Waals surface area contributed by atoms with E-state index < -0.39 is 0 Å². The van der Waals surface area contributed by atoms with Crippen molar-refractivity contribution < 1.29 is 9.47 Å². The van der Waals surface area contributed by atoms with Gasteiger partial charge in [0.05, 0.1) is 19.8 Å². The second kappa shape index (κ2) is 7.97. The van der Waals surface area contributed by atoms with Crippen LogP contribution in [0.3, 0.4) is 0 Å². The minimum Gasteiger partial charge on any atom is -0.494 e. The quantitative estimate of drug-likeness (QED) is 0.816. The molecule has 0 spiro atoms. The molecule has 0 bridgehead atoms. The molecule has 0 N–H and O–H groups in total. The highest BCUT2D eigenvalue weighted by molar-refractivity contribution is 5.20. The summed E-state index contributed by atoms with van der Waals surface area (Å²) < 4.78 is 11.5. The summed E-state index contributed by atoms with van der Waals surface area (Å²) >= 11 is 0. The van der Waals surface area contributed by atoms with Gasteiger partial charge in [-0.3, -0.25) is 4.90 Å². The van der Waals surface area contributed by atoms with E-state index in [1.165, 1.54) is 5.56 Å². The van der Waals surface area contributed by atoms with Gasteiger partial charge in [0.25, 0.3) is 0 Å². The Kier molecular flexibility index (Phi) is 5.46. The van der Waals surface area contributed by atoms with Gasteiger partial charge in [0.2, 0.25) is 0 Å². The summed E-state index contributed by atoms with van der Waals surface area (Å²) in [5.74, 6) is 0.939. The third kappa shape index (κ3) is 4.33. The standard InChI is InChI=1S/C19H23NO2/c1-3-7-17(8-4-1)15-20-12-14-21-16-18(20)11-13-22-19-9-5-2-6-10-19/h1-10,18H,11-16H2. The van der Waals surface area contributed by atoms with Crippen molar-refractivity contribution in [1.82, 2.24) is 4.90 Å². The first-order chi connectivity index (χ1) is 10.9. The first-order valence-electron chi connectivity index (χ1n) is 7.95. The van der Waals surface area contributed by atoms with E-state index in [0.29, 0.717) is 6.04 Å². The molecule has 1 unspecified atom stereocenters. The van der Waals surface area contributed by atoms with Gasteiger partial charge in [-0.2, -0.15) is 0 Å². The van der Waals surface area contributed by atoms with Crippen molar-refractivity contribution in [1.29, 1.82) is 0 Å². The van der Waals surface area contributed by atoms with Gasteiger partial charge in [0.1, 0.15) is 5.75 Å². The zero-order valence-corrected chi connectivity index (χ0v) is 12.9. The van der Waals surface area contributed by atoms with E-state index in [2.05, 4.69) is 35.2 Å². The van der Waals surface area contributed by atoms with Gasteiger partial charge in [0, 0.05) is 19.1 Å². The van der Waals surface area contributed by atoms with E-state index in [4.69, 9.17) is 9.47 Å². The van der Waals surface area contributed by atoms with Crippen LogP contribution < -0.4 is 4.74 Å². The number of ether oxygens (including phenoxy) is 2. The molecule has 0 radical (unpaired) electrons. The molecule has 1 saturated heterocycles. The van der Waals surface area contributed by atoms with Crippen molar-refractivity contribution in [3.8, 4) is 5.75 Å². The van der Waals surface area contributed by atoms with Gasteiger partial charge in [-0.1, -0.05) is 48.5 Å². The van der Waals surface area contributed by atoms with Crippen molar-refractivity contribution in [2.24, 2.45) is 0 Å². The summed E-state index contributed by atoms with van der Waals surface area (Å²) in [5.41, 5.74) is 1.36. The summed E-state index contributed by atoms with van der Waals surface area (Å²) in [6, 6.07) is 21.1. The molecule has 116 valence electrons. The van der Waals surface area contributed by atoms with Crippen LogP contribution in [0.5, 0.6) is 5.75 Å². The third-order valence-electron chi connectivity index (χ3n) is 4.04.